The first-order chi connectivity index (χ1) is 17.3. The molecule has 186 valence electrons. The molecule has 0 saturated heterocycles. The molecule has 0 radical (unpaired) electrons. The molecule has 2 aromatic carbocycles. The van der Waals surface area contributed by atoms with Gasteiger partial charge in [0, 0.05) is 24.5 Å². The molecule has 0 spiro atoms. The molecule has 0 bridgehead atoms. The SMILES string of the molecule is CCC(C)(C)NC(=O)[C@@H](c1ccncc1)N(Cc1ccc(C)cc1)C(=O)Cn1nnc2ccccc21. The average Bonchev–Trinajstić information content (AvgIpc) is 3.28. The first-order valence-corrected chi connectivity index (χ1v) is 12.1. The highest BCUT2D eigenvalue weighted by atomic mass is 16.2. The Morgan fingerprint density at radius 2 is 1.72 bits per heavy atom. The Balaban J connectivity index is 1.74. The first-order valence-electron chi connectivity index (χ1n) is 12.1. The van der Waals surface area contributed by atoms with Crippen LogP contribution < -0.4 is 5.32 Å². The summed E-state index contributed by atoms with van der Waals surface area (Å²) in [6.07, 6.45) is 4.03. The summed E-state index contributed by atoms with van der Waals surface area (Å²) < 4.78 is 1.58. The van der Waals surface area contributed by atoms with Crippen LogP contribution in [0.5, 0.6) is 0 Å². The molecule has 2 aromatic heterocycles. The molecular weight excluding hydrogens is 452 g/mol. The number of aromatic nitrogens is 4. The number of rotatable bonds is 9. The Bertz CT molecular complexity index is 1330. The summed E-state index contributed by atoms with van der Waals surface area (Å²) in [6.45, 7) is 8.21. The van der Waals surface area contributed by atoms with E-state index in [4.69, 9.17) is 0 Å². The number of carbonyl (C=O) groups is 2. The fourth-order valence-electron chi connectivity index (χ4n) is 3.98. The summed E-state index contributed by atoms with van der Waals surface area (Å²) in [5.74, 6) is -0.477. The first kappa shape index (κ1) is 25.0. The van der Waals surface area contributed by atoms with Crippen LogP contribution >= 0.6 is 0 Å². The fourth-order valence-corrected chi connectivity index (χ4v) is 3.98. The zero-order valence-electron chi connectivity index (χ0n) is 21.2. The fraction of sp³-hybridized carbons (Fsp3) is 0.321. The van der Waals surface area contributed by atoms with Gasteiger partial charge in [-0.15, -0.1) is 5.10 Å². The van der Waals surface area contributed by atoms with E-state index in [1.165, 1.54) is 0 Å². The van der Waals surface area contributed by atoms with Gasteiger partial charge in [-0.2, -0.15) is 0 Å². The highest BCUT2D eigenvalue weighted by molar-refractivity contribution is 5.89. The van der Waals surface area contributed by atoms with Gasteiger partial charge in [0.25, 0.3) is 0 Å². The van der Waals surface area contributed by atoms with E-state index < -0.39 is 11.6 Å². The number of hydrogen-bond acceptors (Lipinski definition) is 5. The summed E-state index contributed by atoms with van der Waals surface area (Å²) in [5, 5.41) is 11.5. The average molecular weight is 485 g/mol. The predicted octanol–water partition coefficient (Wildman–Crippen LogP) is 4.21. The highest BCUT2D eigenvalue weighted by Crippen LogP contribution is 2.26. The van der Waals surface area contributed by atoms with Crippen LogP contribution in [-0.4, -0.2) is 42.2 Å². The van der Waals surface area contributed by atoms with Crippen LogP contribution in [0, 0.1) is 6.92 Å². The van der Waals surface area contributed by atoms with Gasteiger partial charge in [0.2, 0.25) is 11.8 Å². The molecular formula is C28H32N6O2. The number of amides is 2. The van der Waals surface area contributed by atoms with E-state index >= 15 is 0 Å². The molecule has 8 nitrogen and oxygen atoms in total. The monoisotopic (exact) mass is 484 g/mol. The van der Waals surface area contributed by atoms with E-state index in [9.17, 15) is 9.59 Å². The van der Waals surface area contributed by atoms with Gasteiger partial charge in [-0.1, -0.05) is 54.1 Å². The quantitative estimate of drug-likeness (QED) is 0.384. The standard InChI is InChI=1S/C28H32N6O2/c1-5-28(3,4)30-27(36)26(22-14-16-29-17-15-22)33(18-21-12-10-20(2)11-13-21)25(35)19-34-24-9-7-6-8-23(24)31-32-34/h6-17,26H,5,18-19H2,1-4H3,(H,30,36)/t26-/m1/s1. The van der Waals surface area contributed by atoms with Crippen molar-refractivity contribution in [3.8, 4) is 0 Å². The molecule has 2 amide bonds. The number of aryl methyl sites for hydroxylation is 1. The number of hydrogen-bond donors (Lipinski definition) is 1. The molecule has 36 heavy (non-hydrogen) atoms. The number of nitrogens with zero attached hydrogens (tertiary/aromatic N) is 5. The largest absolute Gasteiger partial charge is 0.349 e. The van der Waals surface area contributed by atoms with Gasteiger partial charge < -0.3 is 10.2 Å². The summed E-state index contributed by atoms with van der Waals surface area (Å²) in [7, 11) is 0. The number of carbonyl (C=O) groups excluding carboxylic acids is 2. The van der Waals surface area contributed by atoms with Crippen molar-refractivity contribution in [1.29, 1.82) is 0 Å². The smallest absolute Gasteiger partial charge is 0.247 e. The van der Waals surface area contributed by atoms with Crippen LogP contribution in [-0.2, 0) is 22.7 Å². The third-order valence-corrected chi connectivity index (χ3v) is 6.43. The minimum atomic E-state index is -0.845. The van der Waals surface area contributed by atoms with Crippen LogP contribution in [0.4, 0.5) is 0 Å². The van der Waals surface area contributed by atoms with Crippen molar-refractivity contribution >= 4 is 22.8 Å². The minimum absolute atomic E-state index is 0.0432. The lowest BCUT2D eigenvalue weighted by Crippen LogP contribution is -2.50. The minimum Gasteiger partial charge on any atom is -0.349 e. The molecule has 4 aromatic rings. The maximum atomic E-state index is 13.9. The Labute approximate surface area is 211 Å². The van der Waals surface area contributed by atoms with Gasteiger partial charge in [0.15, 0.2) is 0 Å². The second kappa shape index (κ2) is 10.7. The molecule has 2 heterocycles. The number of pyridine rings is 1. The maximum Gasteiger partial charge on any atom is 0.247 e. The van der Waals surface area contributed by atoms with Crippen molar-refractivity contribution < 1.29 is 9.59 Å². The normalized spacial score (nSPS) is 12.3. The van der Waals surface area contributed by atoms with Crippen LogP contribution in [0.1, 0.15) is 49.9 Å². The third kappa shape index (κ3) is 5.76. The van der Waals surface area contributed by atoms with E-state index in [1.807, 2.05) is 76.2 Å². The van der Waals surface area contributed by atoms with E-state index in [2.05, 4.69) is 20.6 Å². The molecule has 0 unspecified atom stereocenters. The number of nitrogens with one attached hydrogen (secondary N) is 1. The van der Waals surface area contributed by atoms with Gasteiger partial charge >= 0.3 is 0 Å². The van der Waals surface area contributed by atoms with E-state index in [0.717, 1.165) is 23.1 Å². The van der Waals surface area contributed by atoms with Gasteiger partial charge in [-0.05, 0) is 62.6 Å². The molecule has 0 aliphatic heterocycles. The Morgan fingerprint density at radius 1 is 1.03 bits per heavy atom. The lowest BCUT2D eigenvalue weighted by Gasteiger charge is -2.34. The molecule has 4 rings (SSSR count). The van der Waals surface area contributed by atoms with Crippen molar-refractivity contribution in [2.75, 3.05) is 0 Å². The second-order valence-corrected chi connectivity index (χ2v) is 9.65. The Kier molecular flexibility index (Phi) is 7.43. The summed E-state index contributed by atoms with van der Waals surface area (Å²) in [5.41, 5.74) is 3.79. The molecule has 1 atom stereocenters. The van der Waals surface area contributed by atoms with Gasteiger partial charge in [-0.3, -0.25) is 14.6 Å². The predicted molar refractivity (Wildman–Crippen MR) is 139 cm³/mol. The van der Waals surface area contributed by atoms with Crippen LogP contribution in [0.15, 0.2) is 73.1 Å². The topological polar surface area (TPSA) is 93.0 Å². The third-order valence-electron chi connectivity index (χ3n) is 6.43. The number of fused-ring (bicyclic) bond motifs is 1. The molecule has 1 N–H and O–H groups in total. The zero-order chi connectivity index (χ0) is 25.7. The lowest BCUT2D eigenvalue weighted by atomic mass is 9.98. The van der Waals surface area contributed by atoms with Crippen molar-refractivity contribution in [2.24, 2.45) is 0 Å². The molecule has 0 aliphatic rings. The zero-order valence-corrected chi connectivity index (χ0v) is 21.2. The van der Waals surface area contributed by atoms with Crippen molar-refractivity contribution in [1.82, 2.24) is 30.2 Å². The summed E-state index contributed by atoms with van der Waals surface area (Å²) in [6, 6.07) is 18.2. The molecule has 8 heteroatoms. The van der Waals surface area contributed by atoms with Gasteiger partial charge in [-0.25, -0.2) is 4.68 Å². The Hall–Kier alpha value is -4.07. The second-order valence-electron chi connectivity index (χ2n) is 9.65. The van der Waals surface area contributed by atoms with Crippen molar-refractivity contribution in [2.45, 2.75) is 58.8 Å². The van der Waals surface area contributed by atoms with Crippen molar-refractivity contribution in [3.05, 3.63) is 89.7 Å². The number of benzene rings is 2. The highest BCUT2D eigenvalue weighted by Gasteiger charge is 2.34. The summed E-state index contributed by atoms with van der Waals surface area (Å²) in [4.78, 5) is 33.4. The van der Waals surface area contributed by atoms with E-state index in [1.54, 1.807) is 34.1 Å². The van der Waals surface area contributed by atoms with E-state index in [-0.39, 0.29) is 24.9 Å². The Morgan fingerprint density at radius 3 is 2.42 bits per heavy atom. The van der Waals surface area contributed by atoms with Gasteiger partial charge in [0.05, 0.1) is 5.52 Å². The summed E-state index contributed by atoms with van der Waals surface area (Å²) >= 11 is 0. The van der Waals surface area contributed by atoms with Gasteiger partial charge in [0.1, 0.15) is 18.1 Å². The van der Waals surface area contributed by atoms with Crippen LogP contribution in [0.2, 0.25) is 0 Å². The molecule has 0 aliphatic carbocycles. The van der Waals surface area contributed by atoms with E-state index in [0.29, 0.717) is 11.1 Å². The molecule has 0 saturated carbocycles. The van der Waals surface area contributed by atoms with Crippen molar-refractivity contribution in [3.63, 3.8) is 0 Å². The molecule has 0 fully saturated rings. The van der Waals surface area contributed by atoms with Crippen LogP contribution in [0.3, 0.4) is 0 Å². The van der Waals surface area contributed by atoms with Crippen LogP contribution in [0.25, 0.3) is 11.0 Å². The maximum absolute atomic E-state index is 13.9. The number of para-hydroxylation sites is 1. The lowest BCUT2D eigenvalue weighted by molar-refractivity contribution is -0.143.